The molecule has 0 bridgehead atoms. The van der Waals surface area contributed by atoms with Gasteiger partial charge in [0.05, 0.1) is 18.3 Å². The minimum atomic E-state index is -3.78. The second kappa shape index (κ2) is 7.33. The molecule has 0 aliphatic carbocycles. The smallest absolute Gasteiger partial charge is 0.208 e. The molecule has 0 aromatic heterocycles. The van der Waals surface area contributed by atoms with Gasteiger partial charge in [0, 0.05) is 6.54 Å². The van der Waals surface area contributed by atoms with E-state index in [1.165, 1.54) is 19.2 Å². The third-order valence-corrected chi connectivity index (χ3v) is 6.27. The largest absolute Gasteiger partial charge is 0.497 e. The molecule has 6 nitrogen and oxygen atoms in total. The molecule has 0 heterocycles. The molecule has 0 saturated heterocycles. The van der Waals surface area contributed by atoms with Crippen LogP contribution in [0, 0.1) is 0 Å². The Morgan fingerprint density at radius 2 is 1.54 bits per heavy atom. The van der Waals surface area contributed by atoms with Gasteiger partial charge in [0.25, 0.3) is 0 Å². The van der Waals surface area contributed by atoms with Crippen LogP contribution in [0.1, 0.15) is 10.8 Å². The van der Waals surface area contributed by atoms with E-state index in [2.05, 4.69) is 4.72 Å². The Balaban J connectivity index is 2.44. The summed E-state index contributed by atoms with van der Waals surface area (Å²) >= 11 is 0. The van der Waals surface area contributed by atoms with Crippen LogP contribution in [0.25, 0.3) is 0 Å². The Morgan fingerprint density at radius 3 is 2.04 bits per heavy atom. The Bertz CT molecular complexity index is 876. The molecule has 8 heteroatoms. The summed E-state index contributed by atoms with van der Waals surface area (Å²) in [5.74, 6) is 0.541. The van der Waals surface area contributed by atoms with Crippen LogP contribution in [0.3, 0.4) is 0 Å². The normalized spacial score (nSPS) is 13.4. The molecule has 2 aromatic carbocycles. The monoisotopic (exact) mass is 369 g/mol. The second-order valence-electron chi connectivity index (χ2n) is 5.24. The summed E-state index contributed by atoms with van der Waals surface area (Å²) in [5, 5.41) is -1.03. The van der Waals surface area contributed by atoms with E-state index >= 15 is 0 Å². The molecule has 0 aliphatic heterocycles. The van der Waals surface area contributed by atoms with Crippen LogP contribution in [0.2, 0.25) is 0 Å². The fourth-order valence-electron chi connectivity index (χ4n) is 2.23. The zero-order valence-corrected chi connectivity index (χ0v) is 15.0. The maximum atomic E-state index is 13.0. The number of methoxy groups -OCH3 is 1. The first-order valence-corrected chi connectivity index (χ1v) is 10.6. The van der Waals surface area contributed by atoms with Crippen molar-refractivity contribution in [1.82, 2.24) is 4.72 Å². The molecule has 2 aromatic rings. The zero-order chi connectivity index (χ0) is 17.8. The molecule has 24 heavy (non-hydrogen) atoms. The van der Waals surface area contributed by atoms with E-state index in [1.807, 2.05) is 0 Å². The van der Waals surface area contributed by atoms with Crippen molar-refractivity contribution in [2.24, 2.45) is 0 Å². The van der Waals surface area contributed by atoms with Crippen molar-refractivity contribution in [3.8, 4) is 5.75 Å². The molecule has 0 amide bonds. The molecule has 1 N–H and O–H groups in total. The van der Waals surface area contributed by atoms with Gasteiger partial charge >= 0.3 is 0 Å². The SMILES string of the molecule is COc1ccc(S(=O)(=O)C(CNS(C)(=O)=O)c2ccccc2)cc1. The van der Waals surface area contributed by atoms with Gasteiger partial charge in [0.1, 0.15) is 11.0 Å². The predicted molar refractivity (Wildman–Crippen MR) is 92.2 cm³/mol. The van der Waals surface area contributed by atoms with Crippen molar-refractivity contribution in [3.05, 3.63) is 60.2 Å². The van der Waals surface area contributed by atoms with Crippen LogP contribution in [-0.4, -0.2) is 36.7 Å². The number of hydrogen-bond acceptors (Lipinski definition) is 5. The van der Waals surface area contributed by atoms with Crippen molar-refractivity contribution < 1.29 is 21.6 Å². The van der Waals surface area contributed by atoms with E-state index in [-0.39, 0.29) is 11.4 Å². The van der Waals surface area contributed by atoms with Crippen LogP contribution < -0.4 is 9.46 Å². The lowest BCUT2D eigenvalue weighted by Crippen LogP contribution is -2.31. The Kier molecular flexibility index (Phi) is 5.63. The molecule has 0 radical (unpaired) electrons. The van der Waals surface area contributed by atoms with Crippen molar-refractivity contribution in [3.63, 3.8) is 0 Å². The molecule has 0 fully saturated rings. The van der Waals surface area contributed by atoms with Crippen LogP contribution in [-0.2, 0) is 19.9 Å². The third kappa shape index (κ3) is 4.56. The first-order chi connectivity index (χ1) is 11.2. The lowest BCUT2D eigenvalue weighted by atomic mass is 10.1. The van der Waals surface area contributed by atoms with E-state index in [4.69, 9.17) is 4.74 Å². The molecular formula is C16H19NO5S2. The molecule has 0 aliphatic rings. The van der Waals surface area contributed by atoms with Crippen LogP contribution >= 0.6 is 0 Å². The van der Waals surface area contributed by atoms with Gasteiger partial charge in [-0.15, -0.1) is 0 Å². The first-order valence-electron chi connectivity index (χ1n) is 7.11. The number of nitrogens with one attached hydrogen (secondary N) is 1. The van der Waals surface area contributed by atoms with Gasteiger partial charge in [-0.2, -0.15) is 0 Å². The molecule has 1 atom stereocenters. The topological polar surface area (TPSA) is 89.5 Å². The number of sulfone groups is 1. The fourth-order valence-corrected chi connectivity index (χ4v) is 4.47. The summed E-state index contributed by atoms with van der Waals surface area (Å²) in [6.45, 7) is -0.239. The fraction of sp³-hybridized carbons (Fsp3) is 0.250. The Hall–Kier alpha value is -1.90. The van der Waals surface area contributed by atoms with Crippen LogP contribution in [0.4, 0.5) is 0 Å². The van der Waals surface area contributed by atoms with Crippen LogP contribution in [0.15, 0.2) is 59.5 Å². The number of rotatable bonds is 7. The van der Waals surface area contributed by atoms with Crippen molar-refractivity contribution in [1.29, 1.82) is 0 Å². The van der Waals surface area contributed by atoms with Gasteiger partial charge in [0.15, 0.2) is 9.84 Å². The van der Waals surface area contributed by atoms with Crippen molar-refractivity contribution in [2.75, 3.05) is 19.9 Å². The number of hydrogen-bond donors (Lipinski definition) is 1. The first kappa shape index (κ1) is 18.4. The summed E-state index contributed by atoms with van der Waals surface area (Å²) in [6, 6.07) is 14.5. The lowest BCUT2D eigenvalue weighted by molar-refractivity contribution is 0.414. The van der Waals surface area contributed by atoms with Crippen LogP contribution in [0.5, 0.6) is 5.75 Å². The molecular weight excluding hydrogens is 350 g/mol. The van der Waals surface area contributed by atoms with Gasteiger partial charge in [-0.05, 0) is 29.8 Å². The molecule has 0 spiro atoms. The number of ether oxygens (including phenoxy) is 1. The highest BCUT2D eigenvalue weighted by molar-refractivity contribution is 7.92. The average molecular weight is 369 g/mol. The van der Waals surface area contributed by atoms with Gasteiger partial charge in [-0.1, -0.05) is 30.3 Å². The van der Waals surface area contributed by atoms with Crippen molar-refractivity contribution in [2.45, 2.75) is 10.1 Å². The molecule has 0 saturated carbocycles. The Morgan fingerprint density at radius 1 is 0.958 bits per heavy atom. The average Bonchev–Trinajstić information content (AvgIpc) is 2.55. The van der Waals surface area contributed by atoms with Gasteiger partial charge in [-0.25, -0.2) is 21.6 Å². The second-order valence-corrected chi connectivity index (χ2v) is 9.20. The summed E-state index contributed by atoms with van der Waals surface area (Å²) < 4.78 is 56.1. The number of benzene rings is 2. The molecule has 1 unspecified atom stereocenters. The predicted octanol–water partition coefficient (Wildman–Crippen LogP) is 1.76. The minimum absolute atomic E-state index is 0.104. The summed E-state index contributed by atoms with van der Waals surface area (Å²) in [5.41, 5.74) is 0.518. The Labute approximate surface area is 142 Å². The quantitative estimate of drug-likeness (QED) is 0.803. The zero-order valence-electron chi connectivity index (χ0n) is 13.3. The molecule has 2 rings (SSSR count). The van der Waals surface area contributed by atoms with E-state index in [1.54, 1.807) is 42.5 Å². The van der Waals surface area contributed by atoms with E-state index in [0.717, 1.165) is 6.26 Å². The van der Waals surface area contributed by atoms with Crippen molar-refractivity contribution >= 4 is 19.9 Å². The highest BCUT2D eigenvalue weighted by Crippen LogP contribution is 2.29. The highest BCUT2D eigenvalue weighted by atomic mass is 32.2. The summed E-state index contributed by atoms with van der Waals surface area (Å²) in [6.07, 6.45) is 0.995. The van der Waals surface area contributed by atoms with Gasteiger partial charge in [-0.3, -0.25) is 0 Å². The maximum Gasteiger partial charge on any atom is 0.208 e. The van der Waals surface area contributed by atoms with E-state index in [0.29, 0.717) is 11.3 Å². The summed E-state index contributed by atoms with van der Waals surface area (Å²) in [4.78, 5) is 0.104. The third-order valence-electron chi connectivity index (χ3n) is 3.46. The van der Waals surface area contributed by atoms with Gasteiger partial charge < -0.3 is 4.74 Å². The summed E-state index contributed by atoms with van der Waals surface area (Å²) in [7, 11) is -5.81. The standard InChI is InChI=1S/C16H19NO5S2/c1-22-14-8-10-15(11-9-14)24(20,21)16(12-17-23(2,18)19)13-6-4-3-5-7-13/h3-11,16-17H,12H2,1-2H3. The highest BCUT2D eigenvalue weighted by Gasteiger charge is 2.29. The van der Waals surface area contributed by atoms with Gasteiger partial charge in [0.2, 0.25) is 10.0 Å². The number of sulfonamides is 1. The maximum absolute atomic E-state index is 13.0. The lowest BCUT2D eigenvalue weighted by Gasteiger charge is -2.18. The molecule has 130 valence electrons. The van der Waals surface area contributed by atoms with E-state index < -0.39 is 25.1 Å². The van der Waals surface area contributed by atoms with E-state index in [9.17, 15) is 16.8 Å². The minimum Gasteiger partial charge on any atom is -0.497 e.